The van der Waals surface area contributed by atoms with Crippen molar-refractivity contribution < 1.29 is 29.0 Å². The number of hydrogen-bond acceptors (Lipinski definition) is 8. The molecule has 11 heteroatoms. The summed E-state index contributed by atoms with van der Waals surface area (Å²) >= 11 is 0. The molecule has 0 radical (unpaired) electrons. The Bertz CT molecular complexity index is 1030. The van der Waals surface area contributed by atoms with Gasteiger partial charge in [-0.25, -0.2) is 14.6 Å². The van der Waals surface area contributed by atoms with Crippen molar-refractivity contribution in [1.29, 1.82) is 0 Å². The third kappa shape index (κ3) is 10.5. The summed E-state index contributed by atoms with van der Waals surface area (Å²) in [5, 5.41) is 14.8. The van der Waals surface area contributed by atoms with E-state index in [2.05, 4.69) is 10.7 Å². The number of piperazine rings is 2. The highest BCUT2D eigenvalue weighted by molar-refractivity contribution is 5.84. The van der Waals surface area contributed by atoms with E-state index in [1.54, 1.807) is 9.80 Å². The van der Waals surface area contributed by atoms with Crippen molar-refractivity contribution in [1.82, 2.24) is 25.6 Å². The van der Waals surface area contributed by atoms with Crippen molar-refractivity contribution in [2.75, 3.05) is 52.4 Å². The first kappa shape index (κ1) is 29.9. The van der Waals surface area contributed by atoms with Gasteiger partial charge in [-0.1, -0.05) is 60.7 Å². The van der Waals surface area contributed by atoms with Crippen molar-refractivity contribution in [3.8, 4) is 0 Å². The lowest BCUT2D eigenvalue weighted by molar-refractivity contribution is -0.149. The van der Waals surface area contributed by atoms with E-state index in [9.17, 15) is 19.5 Å². The molecule has 4 rings (SSSR count). The molecule has 39 heavy (non-hydrogen) atoms. The second-order valence-corrected chi connectivity index (χ2v) is 9.79. The van der Waals surface area contributed by atoms with Gasteiger partial charge in [0.2, 0.25) is 0 Å². The lowest BCUT2D eigenvalue weighted by Gasteiger charge is -2.36. The number of nitrogens with zero attached hydrogens (tertiary/aromatic N) is 3. The van der Waals surface area contributed by atoms with Crippen molar-refractivity contribution >= 4 is 18.1 Å². The summed E-state index contributed by atoms with van der Waals surface area (Å²) in [6.45, 7) is 8.50. The zero-order valence-electron chi connectivity index (χ0n) is 22.7. The zero-order chi connectivity index (χ0) is 28.1. The van der Waals surface area contributed by atoms with Crippen LogP contribution in [0, 0.1) is 0 Å². The van der Waals surface area contributed by atoms with Gasteiger partial charge in [0.1, 0.15) is 18.8 Å². The van der Waals surface area contributed by atoms with E-state index in [0.29, 0.717) is 32.8 Å². The average Bonchev–Trinajstić information content (AvgIpc) is 2.96. The fourth-order valence-corrected chi connectivity index (χ4v) is 3.95. The molecule has 0 aromatic heterocycles. The maximum absolute atomic E-state index is 12.0. The molecular weight excluding hydrogens is 502 g/mol. The molecule has 2 aliphatic heterocycles. The molecule has 0 atom stereocenters. The van der Waals surface area contributed by atoms with Crippen LogP contribution in [0.2, 0.25) is 0 Å². The summed E-state index contributed by atoms with van der Waals surface area (Å²) in [5.41, 5.74) is 3.27. The molecule has 2 aromatic carbocycles. The van der Waals surface area contributed by atoms with Crippen LogP contribution in [0.5, 0.6) is 0 Å². The number of rotatable bonds is 6. The van der Waals surface area contributed by atoms with Crippen LogP contribution in [0.1, 0.15) is 25.0 Å². The molecule has 2 aliphatic rings. The van der Waals surface area contributed by atoms with Crippen LogP contribution in [0.25, 0.3) is 0 Å². The van der Waals surface area contributed by atoms with Gasteiger partial charge in [-0.3, -0.25) is 10.2 Å². The van der Waals surface area contributed by atoms with Crippen LogP contribution in [-0.2, 0) is 27.5 Å². The van der Waals surface area contributed by atoms with E-state index < -0.39 is 11.7 Å². The summed E-state index contributed by atoms with van der Waals surface area (Å²) in [6.07, 6.45) is -0.769. The first-order valence-electron chi connectivity index (χ1n) is 13.1. The van der Waals surface area contributed by atoms with Crippen LogP contribution >= 0.6 is 0 Å². The van der Waals surface area contributed by atoms with E-state index in [0.717, 1.165) is 37.3 Å². The van der Waals surface area contributed by atoms with E-state index in [1.807, 2.05) is 65.7 Å². The average molecular weight is 542 g/mol. The van der Waals surface area contributed by atoms with Gasteiger partial charge in [-0.15, -0.1) is 0 Å². The predicted molar refractivity (Wildman–Crippen MR) is 145 cm³/mol. The highest BCUT2D eigenvalue weighted by Crippen LogP contribution is 2.12. The summed E-state index contributed by atoms with van der Waals surface area (Å²) in [4.78, 5) is 38.6. The second-order valence-electron chi connectivity index (χ2n) is 9.79. The summed E-state index contributed by atoms with van der Waals surface area (Å²) in [7, 11) is 0. The molecule has 0 saturated carbocycles. The van der Waals surface area contributed by atoms with E-state index in [4.69, 9.17) is 9.47 Å². The molecule has 0 aliphatic carbocycles. The molecule has 2 saturated heterocycles. The minimum absolute atomic E-state index is 0.239. The standard InChI is InChI=1S/C16H22N2O4.C12H17N3O2/c1-16(2,21)14(19)17-8-10-18(11-9-17)15(20)22-12-13-6-4-3-5-7-13;16-12(14-15-8-6-13-7-9-15)17-10-11-4-2-1-3-5-11/h3-7,21H,8-12H2,1-2H3;1-5,13H,6-10H2,(H,14,16). The molecule has 11 nitrogen and oxygen atoms in total. The van der Waals surface area contributed by atoms with Crippen molar-refractivity contribution in [2.24, 2.45) is 0 Å². The van der Waals surface area contributed by atoms with Crippen LogP contribution in [0.3, 0.4) is 0 Å². The quantitative estimate of drug-likeness (QED) is 0.507. The first-order valence-corrected chi connectivity index (χ1v) is 13.1. The molecule has 0 spiro atoms. The Hall–Kier alpha value is -3.67. The lowest BCUT2D eigenvalue weighted by atomic mass is 10.1. The van der Waals surface area contributed by atoms with E-state index in [1.165, 1.54) is 13.8 Å². The van der Waals surface area contributed by atoms with Gasteiger partial charge in [0.25, 0.3) is 5.91 Å². The Morgan fingerprint density at radius 1 is 0.795 bits per heavy atom. The fraction of sp³-hybridized carbons (Fsp3) is 0.464. The Labute approximate surface area is 229 Å². The smallest absolute Gasteiger partial charge is 0.422 e. The Balaban J connectivity index is 0.000000223. The van der Waals surface area contributed by atoms with Gasteiger partial charge < -0.3 is 29.7 Å². The van der Waals surface area contributed by atoms with Crippen LogP contribution in [0.15, 0.2) is 60.7 Å². The fourth-order valence-electron chi connectivity index (χ4n) is 3.95. The predicted octanol–water partition coefficient (Wildman–Crippen LogP) is 1.97. The molecule has 0 bridgehead atoms. The van der Waals surface area contributed by atoms with Gasteiger partial charge >= 0.3 is 12.2 Å². The minimum atomic E-state index is -1.38. The number of benzene rings is 2. The zero-order valence-corrected chi connectivity index (χ0v) is 22.7. The Morgan fingerprint density at radius 2 is 1.28 bits per heavy atom. The molecule has 212 valence electrons. The lowest BCUT2D eigenvalue weighted by Crippen LogP contribution is -2.55. The Morgan fingerprint density at radius 3 is 1.79 bits per heavy atom. The SMILES string of the molecule is CC(C)(O)C(=O)N1CCN(C(=O)OCc2ccccc2)CC1.O=C(NN1CCNCC1)OCc1ccccc1. The number of carbonyl (C=O) groups excluding carboxylic acids is 3. The molecular formula is C28H39N5O6. The Kier molecular flexibility index (Phi) is 11.5. The minimum Gasteiger partial charge on any atom is -0.445 e. The number of aliphatic hydroxyl groups is 1. The monoisotopic (exact) mass is 541 g/mol. The van der Waals surface area contributed by atoms with Crippen LogP contribution in [-0.4, -0.2) is 96.0 Å². The van der Waals surface area contributed by atoms with Crippen molar-refractivity contribution in [2.45, 2.75) is 32.7 Å². The van der Waals surface area contributed by atoms with Gasteiger partial charge in [0.05, 0.1) is 0 Å². The molecule has 0 unspecified atom stereocenters. The highest BCUT2D eigenvalue weighted by atomic mass is 16.6. The second kappa shape index (κ2) is 15.1. The normalized spacial score (nSPS) is 16.0. The molecule has 2 fully saturated rings. The number of nitrogens with one attached hydrogen (secondary N) is 2. The molecule has 3 amide bonds. The summed E-state index contributed by atoms with van der Waals surface area (Å²) in [5.74, 6) is -0.315. The molecule has 3 N–H and O–H groups in total. The van der Waals surface area contributed by atoms with Gasteiger partial charge in [0.15, 0.2) is 0 Å². The van der Waals surface area contributed by atoms with Crippen molar-refractivity contribution in [3.63, 3.8) is 0 Å². The number of hydrogen-bond donors (Lipinski definition) is 3. The maximum Gasteiger partial charge on any atom is 0.422 e. The topological polar surface area (TPSA) is 124 Å². The third-order valence-corrected chi connectivity index (χ3v) is 6.13. The van der Waals surface area contributed by atoms with Gasteiger partial charge in [-0.2, -0.15) is 0 Å². The van der Waals surface area contributed by atoms with E-state index >= 15 is 0 Å². The largest absolute Gasteiger partial charge is 0.445 e. The molecule has 2 heterocycles. The first-order chi connectivity index (χ1) is 18.7. The number of carbonyl (C=O) groups is 3. The highest BCUT2D eigenvalue weighted by Gasteiger charge is 2.32. The van der Waals surface area contributed by atoms with E-state index in [-0.39, 0.29) is 18.6 Å². The number of amides is 3. The maximum atomic E-state index is 12.0. The van der Waals surface area contributed by atoms with Gasteiger partial charge in [0, 0.05) is 52.4 Å². The van der Waals surface area contributed by atoms with Crippen molar-refractivity contribution in [3.05, 3.63) is 71.8 Å². The number of ether oxygens (including phenoxy) is 2. The summed E-state index contributed by atoms with van der Waals surface area (Å²) in [6, 6.07) is 19.1. The van der Waals surface area contributed by atoms with Crippen LogP contribution < -0.4 is 10.7 Å². The van der Waals surface area contributed by atoms with Crippen LogP contribution in [0.4, 0.5) is 9.59 Å². The third-order valence-electron chi connectivity index (χ3n) is 6.13. The van der Waals surface area contributed by atoms with Gasteiger partial charge in [-0.05, 0) is 25.0 Å². The summed E-state index contributed by atoms with van der Waals surface area (Å²) < 4.78 is 10.4. The molecule has 2 aromatic rings. The number of hydrazine groups is 1.